The van der Waals surface area contributed by atoms with Gasteiger partial charge in [-0.15, -0.1) is 10.2 Å². The number of nitrogens with one attached hydrogen (secondary N) is 3. The summed E-state index contributed by atoms with van der Waals surface area (Å²) in [5.74, 6) is 0.773. The van der Waals surface area contributed by atoms with Crippen molar-refractivity contribution in [3.8, 4) is 5.75 Å². The van der Waals surface area contributed by atoms with E-state index in [1.807, 2.05) is 56.3 Å². The van der Waals surface area contributed by atoms with Crippen LogP contribution in [0.2, 0.25) is 0 Å². The smallest absolute Gasteiger partial charge is 0.280 e. The Balaban J connectivity index is 1.79. The van der Waals surface area contributed by atoms with Crippen LogP contribution in [0.1, 0.15) is 21.6 Å². The standard InChI is InChI=1S/C18H19N5O2/c1-11-5-4-6-12(2)15(11)20-18(24)16-17(22-23-21-16)19-13-7-9-14(25-3)10-8-13/h4-10H,1-3H3,(H,20,24)(H2,19,21,22,23). The summed E-state index contributed by atoms with van der Waals surface area (Å²) in [7, 11) is 1.61. The Bertz CT molecular complexity index is 866. The predicted molar refractivity (Wildman–Crippen MR) is 96.5 cm³/mol. The summed E-state index contributed by atoms with van der Waals surface area (Å²) in [6, 6.07) is 13.1. The molecule has 3 rings (SSSR count). The van der Waals surface area contributed by atoms with Gasteiger partial charge in [-0.3, -0.25) is 4.79 Å². The summed E-state index contributed by atoms with van der Waals surface area (Å²) in [5, 5.41) is 16.5. The molecule has 7 nitrogen and oxygen atoms in total. The van der Waals surface area contributed by atoms with Crippen LogP contribution in [0.15, 0.2) is 42.5 Å². The second-order valence-electron chi connectivity index (χ2n) is 5.60. The van der Waals surface area contributed by atoms with Crippen molar-refractivity contribution in [2.45, 2.75) is 13.8 Å². The van der Waals surface area contributed by atoms with E-state index in [9.17, 15) is 4.79 Å². The quantitative estimate of drug-likeness (QED) is 0.663. The van der Waals surface area contributed by atoms with Crippen LogP contribution in [0.3, 0.4) is 0 Å². The van der Waals surface area contributed by atoms with Crippen molar-refractivity contribution in [1.82, 2.24) is 15.4 Å². The lowest BCUT2D eigenvalue weighted by molar-refractivity contribution is 0.102. The lowest BCUT2D eigenvalue weighted by atomic mass is 10.1. The number of rotatable bonds is 5. The molecule has 3 N–H and O–H groups in total. The van der Waals surface area contributed by atoms with E-state index in [1.165, 1.54) is 0 Å². The van der Waals surface area contributed by atoms with Gasteiger partial charge in [-0.25, -0.2) is 0 Å². The molecule has 0 saturated carbocycles. The summed E-state index contributed by atoms with van der Waals surface area (Å²) >= 11 is 0. The van der Waals surface area contributed by atoms with Crippen LogP contribution in [-0.4, -0.2) is 28.4 Å². The second-order valence-corrected chi connectivity index (χ2v) is 5.60. The summed E-state index contributed by atoms with van der Waals surface area (Å²) in [5.41, 5.74) is 3.73. The molecule has 0 fully saturated rings. The van der Waals surface area contributed by atoms with Gasteiger partial charge in [0.1, 0.15) is 5.75 Å². The number of anilines is 3. The maximum atomic E-state index is 12.6. The Hall–Kier alpha value is -3.35. The van der Waals surface area contributed by atoms with Crippen LogP contribution in [0.25, 0.3) is 0 Å². The molecule has 0 unspecified atom stereocenters. The average Bonchev–Trinajstić information content (AvgIpc) is 3.07. The molecular weight excluding hydrogens is 318 g/mol. The summed E-state index contributed by atoms with van der Waals surface area (Å²) < 4.78 is 5.13. The van der Waals surface area contributed by atoms with Gasteiger partial charge in [0.15, 0.2) is 11.5 Å². The van der Waals surface area contributed by atoms with Gasteiger partial charge in [-0.2, -0.15) is 5.21 Å². The number of methoxy groups -OCH3 is 1. The maximum absolute atomic E-state index is 12.6. The zero-order valence-electron chi connectivity index (χ0n) is 14.3. The molecule has 0 atom stereocenters. The molecule has 128 valence electrons. The van der Waals surface area contributed by atoms with Gasteiger partial charge in [-0.05, 0) is 49.2 Å². The Morgan fingerprint density at radius 2 is 1.72 bits per heavy atom. The van der Waals surface area contributed by atoms with Crippen LogP contribution >= 0.6 is 0 Å². The fourth-order valence-electron chi connectivity index (χ4n) is 2.47. The summed E-state index contributed by atoms with van der Waals surface area (Å²) in [6.07, 6.45) is 0. The monoisotopic (exact) mass is 337 g/mol. The fraction of sp³-hybridized carbons (Fsp3) is 0.167. The van der Waals surface area contributed by atoms with Crippen molar-refractivity contribution in [1.29, 1.82) is 0 Å². The first-order chi connectivity index (χ1) is 12.1. The third-order valence-electron chi connectivity index (χ3n) is 3.84. The van der Waals surface area contributed by atoms with E-state index in [0.717, 1.165) is 28.3 Å². The summed E-state index contributed by atoms with van der Waals surface area (Å²) in [6.45, 7) is 3.89. The molecule has 0 aliphatic heterocycles. The van der Waals surface area contributed by atoms with Gasteiger partial charge in [0.2, 0.25) is 0 Å². The van der Waals surface area contributed by atoms with Crippen molar-refractivity contribution in [2.24, 2.45) is 0 Å². The lowest BCUT2D eigenvalue weighted by Crippen LogP contribution is -2.15. The number of aromatic nitrogens is 3. The molecule has 0 radical (unpaired) electrons. The number of H-pyrrole nitrogens is 1. The molecule has 3 aromatic rings. The van der Waals surface area contributed by atoms with Crippen molar-refractivity contribution >= 4 is 23.1 Å². The minimum Gasteiger partial charge on any atom is -0.497 e. The first kappa shape index (κ1) is 16.5. The van der Waals surface area contributed by atoms with E-state index >= 15 is 0 Å². The van der Waals surface area contributed by atoms with E-state index < -0.39 is 0 Å². The van der Waals surface area contributed by atoms with E-state index in [2.05, 4.69) is 26.0 Å². The number of aromatic amines is 1. The number of carbonyl (C=O) groups excluding carboxylic acids is 1. The predicted octanol–water partition coefficient (Wildman–Crippen LogP) is 3.43. The highest BCUT2D eigenvalue weighted by molar-refractivity contribution is 6.06. The molecule has 0 bridgehead atoms. The minimum atomic E-state index is -0.331. The highest BCUT2D eigenvalue weighted by Gasteiger charge is 2.18. The van der Waals surface area contributed by atoms with Gasteiger partial charge >= 0.3 is 0 Å². The summed E-state index contributed by atoms with van der Waals surface area (Å²) in [4.78, 5) is 12.6. The molecule has 0 aliphatic rings. The number of benzene rings is 2. The van der Waals surface area contributed by atoms with Crippen LogP contribution in [0.4, 0.5) is 17.2 Å². The molecule has 2 aromatic carbocycles. The second kappa shape index (κ2) is 7.04. The van der Waals surface area contributed by atoms with Gasteiger partial charge in [0.05, 0.1) is 7.11 Å². The molecular formula is C18H19N5O2. The molecule has 1 aromatic heterocycles. The van der Waals surface area contributed by atoms with Crippen LogP contribution in [-0.2, 0) is 0 Å². The van der Waals surface area contributed by atoms with E-state index in [4.69, 9.17) is 4.74 Å². The SMILES string of the molecule is COc1ccc(Nc2n[nH]nc2C(=O)Nc2c(C)cccc2C)cc1. The third-order valence-corrected chi connectivity index (χ3v) is 3.84. The number of carbonyl (C=O) groups is 1. The molecule has 0 aliphatic carbocycles. The normalized spacial score (nSPS) is 10.4. The number of para-hydroxylation sites is 1. The maximum Gasteiger partial charge on any atom is 0.280 e. The van der Waals surface area contributed by atoms with Crippen molar-refractivity contribution in [3.63, 3.8) is 0 Å². The van der Waals surface area contributed by atoms with E-state index in [1.54, 1.807) is 7.11 Å². The molecule has 1 amide bonds. The van der Waals surface area contributed by atoms with Crippen LogP contribution in [0.5, 0.6) is 5.75 Å². The minimum absolute atomic E-state index is 0.193. The van der Waals surface area contributed by atoms with E-state index in [-0.39, 0.29) is 11.6 Å². The number of nitrogens with zero attached hydrogens (tertiary/aromatic N) is 2. The third kappa shape index (κ3) is 3.60. The molecule has 1 heterocycles. The topological polar surface area (TPSA) is 91.9 Å². The Labute approximate surface area is 145 Å². The molecule has 0 saturated heterocycles. The first-order valence-corrected chi connectivity index (χ1v) is 7.78. The largest absolute Gasteiger partial charge is 0.497 e. The van der Waals surface area contributed by atoms with E-state index in [0.29, 0.717) is 5.82 Å². The van der Waals surface area contributed by atoms with Crippen molar-refractivity contribution in [2.75, 3.05) is 17.7 Å². The molecule has 25 heavy (non-hydrogen) atoms. The number of aryl methyl sites for hydroxylation is 2. The van der Waals surface area contributed by atoms with Gasteiger partial charge in [-0.1, -0.05) is 18.2 Å². The number of ether oxygens (including phenoxy) is 1. The van der Waals surface area contributed by atoms with Gasteiger partial charge in [0, 0.05) is 11.4 Å². The Morgan fingerprint density at radius 3 is 2.36 bits per heavy atom. The van der Waals surface area contributed by atoms with Crippen LogP contribution in [0, 0.1) is 13.8 Å². The number of amides is 1. The Morgan fingerprint density at radius 1 is 1.04 bits per heavy atom. The highest BCUT2D eigenvalue weighted by atomic mass is 16.5. The van der Waals surface area contributed by atoms with Crippen LogP contribution < -0.4 is 15.4 Å². The fourth-order valence-corrected chi connectivity index (χ4v) is 2.47. The first-order valence-electron chi connectivity index (χ1n) is 7.78. The highest BCUT2D eigenvalue weighted by Crippen LogP contribution is 2.23. The number of hydrogen-bond acceptors (Lipinski definition) is 5. The lowest BCUT2D eigenvalue weighted by Gasteiger charge is -2.11. The van der Waals surface area contributed by atoms with Crippen molar-refractivity contribution < 1.29 is 9.53 Å². The zero-order chi connectivity index (χ0) is 17.8. The Kier molecular flexibility index (Phi) is 4.65. The average molecular weight is 337 g/mol. The van der Waals surface area contributed by atoms with Crippen molar-refractivity contribution in [3.05, 3.63) is 59.3 Å². The molecule has 0 spiro atoms. The number of hydrogen-bond donors (Lipinski definition) is 3. The van der Waals surface area contributed by atoms with Gasteiger partial charge in [0.25, 0.3) is 5.91 Å². The van der Waals surface area contributed by atoms with Gasteiger partial charge < -0.3 is 15.4 Å². The zero-order valence-corrected chi connectivity index (χ0v) is 14.3. The molecule has 7 heteroatoms.